The molecule has 0 radical (unpaired) electrons. The third kappa shape index (κ3) is 1.96. The lowest BCUT2D eigenvalue weighted by Gasteiger charge is -2.07. The van der Waals surface area contributed by atoms with Crippen LogP contribution in [-0.4, -0.2) is 9.55 Å². The van der Waals surface area contributed by atoms with Gasteiger partial charge in [-0.1, -0.05) is 24.3 Å². The molecule has 1 aromatic carbocycles. The maximum atomic E-state index is 6.09. The molecule has 2 rings (SSSR count). The van der Waals surface area contributed by atoms with Gasteiger partial charge in [-0.25, -0.2) is 4.98 Å². The van der Waals surface area contributed by atoms with E-state index in [4.69, 9.17) is 5.73 Å². The van der Waals surface area contributed by atoms with Gasteiger partial charge >= 0.3 is 0 Å². The molecule has 0 spiro atoms. The number of rotatable bonds is 3. The molecule has 17 heavy (non-hydrogen) atoms. The van der Waals surface area contributed by atoms with Crippen LogP contribution in [0.15, 0.2) is 37.2 Å². The third-order valence-electron chi connectivity index (χ3n) is 3.06. The smallest absolute Gasteiger partial charge is 0.131 e. The van der Waals surface area contributed by atoms with Crippen LogP contribution in [0.25, 0.3) is 11.3 Å². The van der Waals surface area contributed by atoms with Crippen LogP contribution in [-0.2, 0) is 6.54 Å². The Bertz CT molecular complexity index is 553. The van der Waals surface area contributed by atoms with E-state index in [0.717, 1.165) is 11.3 Å². The Morgan fingerprint density at radius 1 is 1.41 bits per heavy atom. The standard InChI is InChI=1S/C14H17N3/c1-4-8-17-9-16-13(14(17)15)12-7-5-6-10(2)11(12)3/h4-7,9H,1,8,15H2,2-3H3. The Morgan fingerprint density at radius 3 is 2.88 bits per heavy atom. The van der Waals surface area contributed by atoms with Crippen molar-refractivity contribution in [3.8, 4) is 11.3 Å². The van der Waals surface area contributed by atoms with Crippen molar-refractivity contribution in [1.82, 2.24) is 9.55 Å². The molecule has 2 aromatic rings. The van der Waals surface area contributed by atoms with Gasteiger partial charge in [0.2, 0.25) is 0 Å². The van der Waals surface area contributed by atoms with Gasteiger partial charge < -0.3 is 10.3 Å². The second kappa shape index (κ2) is 4.45. The molecule has 0 aliphatic heterocycles. The molecule has 0 fully saturated rings. The molecule has 1 aromatic heterocycles. The molecule has 2 N–H and O–H groups in total. The summed E-state index contributed by atoms with van der Waals surface area (Å²) in [5, 5.41) is 0. The first kappa shape index (κ1) is 11.5. The van der Waals surface area contributed by atoms with Crippen molar-refractivity contribution in [2.45, 2.75) is 20.4 Å². The van der Waals surface area contributed by atoms with Crippen molar-refractivity contribution in [3.63, 3.8) is 0 Å². The Labute approximate surface area is 102 Å². The Hall–Kier alpha value is -2.03. The van der Waals surface area contributed by atoms with Crippen molar-refractivity contribution in [2.24, 2.45) is 0 Å². The SMILES string of the molecule is C=CCn1cnc(-c2cccc(C)c2C)c1N. The fraction of sp³-hybridized carbons (Fsp3) is 0.214. The summed E-state index contributed by atoms with van der Waals surface area (Å²) in [5.74, 6) is 0.693. The molecule has 1 heterocycles. The summed E-state index contributed by atoms with van der Waals surface area (Å²) < 4.78 is 1.89. The summed E-state index contributed by atoms with van der Waals surface area (Å²) in [7, 11) is 0. The maximum Gasteiger partial charge on any atom is 0.131 e. The Balaban J connectivity index is 2.53. The van der Waals surface area contributed by atoms with Crippen LogP contribution in [0.5, 0.6) is 0 Å². The summed E-state index contributed by atoms with van der Waals surface area (Å²) in [5.41, 5.74) is 10.5. The van der Waals surface area contributed by atoms with Crippen LogP contribution in [0.2, 0.25) is 0 Å². The monoisotopic (exact) mass is 227 g/mol. The average molecular weight is 227 g/mol. The Kier molecular flexibility index (Phi) is 3.00. The van der Waals surface area contributed by atoms with Gasteiger partial charge in [0.25, 0.3) is 0 Å². The molecule has 3 heteroatoms. The number of nitrogen functional groups attached to an aromatic ring is 1. The van der Waals surface area contributed by atoms with E-state index in [1.165, 1.54) is 11.1 Å². The van der Waals surface area contributed by atoms with Crippen molar-refractivity contribution < 1.29 is 0 Å². The van der Waals surface area contributed by atoms with E-state index in [0.29, 0.717) is 12.4 Å². The largest absolute Gasteiger partial charge is 0.383 e. The summed E-state index contributed by atoms with van der Waals surface area (Å²) in [6.07, 6.45) is 3.57. The van der Waals surface area contributed by atoms with Crippen LogP contribution < -0.4 is 5.73 Å². The van der Waals surface area contributed by atoms with Crippen LogP contribution in [0.3, 0.4) is 0 Å². The highest BCUT2D eigenvalue weighted by atomic mass is 15.1. The molecule has 0 unspecified atom stereocenters. The fourth-order valence-electron chi connectivity index (χ4n) is 1.89. The fourth-order valence-corrected chi connectivity index (χ4v) is 1.89. The van der Waals surface area contributed by atoms with Gasteiger partial charge in [-0.05, 0) is 25.0 Å². The van der Waals surface area contributed by atoms with E-state index < -0.39 is 0 Å². The molecule has 0 saturated carbocycles. The summed E-state index contributed by atoms with van der Waals surface area (Å²) >= 11 is 0. The van der Waals surface area contributed by atoms with E-state index in [9.17, 15) is 0 Å². The molecule has 3 nitrogen and oxygen atoms in total. The first-order chi connectivity index (χ1) is 8.15. The van der Waals surface area contributed by atoms with E-state index >= 15 is 0 Å². The normalized spacial score (nSPS) is 10.5. The van der Waals surface area contributed by atoms with E-state index in [-0.39, 0.29) is 0 Å². The van der Waals surface area contributed by atoms with Gasteiger partial charge in [-0.3, -0.25) is 0 Å². The average Bonchev–Trinajstić information content (AvgIpc) is 2.66. The summed E-state index contributed by atoms with van der Waals surface area (Å²) in [6.45, 7) is 8.58. The number of nitrogens with two attached hydrogens (primary N) is 1. The minimum atomic E-state index is 0.684. The highest BCUT2D eigenvalue weighted by Gasteiger charge is 2.11. The quantitative estimate of drug-likeness (QED) is 0.819. The maximum absolute atomic E-state index is 6.09. The number of hydrogen-bond acceptors (Lipinski definition) is 2. The molecule has 0 aliphatic carbocycles. The molecule has 88 valence electrons. The van der Waals surface area contributed by atoms with E-state index in [1.54, 1.807) is 6.33 Å². The zero-order valence-corrected chi connectivity index (χ0v) is 10.3. The molecular formula is C14H17N3. The van der Waals surface area contributed by atoms with Crippen LogP contribution in [0.4, 0.5) is 5.82 Å². The predicted molar refractivity (Wildman–Crippen MR) is 71.7 cm³/mol. The topological polar surface area (TPSA) is 43.8 Å². The van der Waals surface area contributed by atoms with Gasteiger partial charge in [-0.2, -0.15) is 0 Å². The highest BCUT2D eigenvalue weighted by molar-refractivity contribution is 5.73. The van der Waals surface area contributed by atoms with Crippen molar-refractivity contribution >= 4 is 5.82 Å². The highest BCUT2D eigenvalue weighted by Crippen LogP contribution is 2.28. The minimum absolute atomic E-state index is 0.684. The second-order valence-corrected chi connectivity index (χ2v) is 4.17. The number of aryl methyl sites for hydroxylation is 1. The number of imidazole rings is 1. The van der Waals surface area contributed by atoms with Gasteiger partial charge in [0, 0.05) is 12.1 Å². The van der Waals surface area contributed by atoms with Crippen molar-refractivity contribution in [2.75, 3.05) is 5.73 Å². The number of allylic oxidation sites excluding steroid dienone is 1. The Morgan fingerprint density at radius 2 is 2.18 bits per heavy atom. The van der Waals surface area contributed by atoms with Gasteiger partial charge in [0.05, 0.1) is 6.33 Å². The summed E-state index contributed by atoms with van der Waals surface area (Å²) in [4.78, 5) is 4.40. The molecule has 0 aliphatic rings. The second-order valence-electron chi connectivity index (χ2n) is 4.17. The molecular weight excluding hydrogens is 210 g/mol. The number of nitrogens with zero attached hydrogens (tertiary/aromatic N) is 2. The van der Waals surface area contributed by atoms with E-state index in [1.807, 2.05) is 16.7 Å². The van der Waals surface area contributed by atoms with Crippen LogP contribution >= 0.6 is 0 Å². The van der Waals surface area contributed by atoms with Crippen molar-refractivity contribution in [3.05, 3.63) is 48.3 Å². The number of aromatic nitrogens is 2. The zero-order valence-electron chi connectivity index (χ0n) is 10.3. The van der Waals surface area contributed by atoms with Gasteiger partial charge in [0.15, 0.2) is 0 Å². The lowest BCUT2D eigenvalue weighted by Crippen LogP contribution is -2.00. The van der Waals surface area contributed by atoms with Gasteiger partial charge in [-0.15, -0.1) is 6.58 Å². The predicted octanol–water partition coefficient (Wildman–Crippen LogP) is 2.94. The van der Waals surface area contributed by atoms with Crippen LogP contribution in [0, 0.1) is 13.8 Å². The molecule has 0 saturated heterocycles. The minimum Gasteiger partial charge on any atom is -0.383 e. The molecule has 0 bridgehead atoms. The number of benzene rings is 1. The number of hydrogen-bond donors (Lipinski definition) is 1. The molecule has 0 amide bonds. The lowest BCUT2D eigenvalue weighted by molar-refractivity contribution is 0.833. The number of anilines is 1. The summed E-state index contributed by atoms with van der Waals surface area (Å²) in [6, 6.07) is 6.18. The third-order valence-corrected chi connectivity index (χ3v) is 3.06. The van der Waals surface area contributed by atoms with Crippen molar-refractivity contribution in [1.29, 1.82) is 0 Å². The first-order valence-electron chi connectivity index (χ1n) is 5.63. The van der Waals surface area contributed by atoms with Gasteiger partial charge in [0.1, 0.15) is 11.5 Å². The molecule has 0 atom stereocenters. The first-order valence-corrected chi connectivity index (χ1v) is 5.63. The lowest BCUT2D eigenvalue weighted by atomic mass is 10.0. The van der Waals surface area contributed by atoms with Crippen LogP contribution in [0.1, 0.15) is 11.1 Å². The zero-order chi connectivity index (χ0) is 12.4. The van der Waals surface area contributed by atoms with E-state index in [2.05, 4.69) is 37.5 Å².